The average Bonchev–Trinajstić information content (AvgIpc) is 2.35. The molecule has 0 saturated carbocycles. The van der Waals surface area contributed by atoms with Gasteiger partial charge in [-0.05, 0) is 12.1 Å². The van der Waals surface area contributed by atoms with Crippen LogP contribution < -0.4 is 5.32 Å². The Morgan fingerprint density at radius 1 is 1.22 bits per heavy atom. The van der Waals surface area contributed by atoms with E-state index in [9.17, 15) is 4.39 Å². The van der Waals surface area contributed by atoms with E-state index >= 15 is 0 Å². The summed E-state index contributed by atoms with van der Waals surface area (Å²) in [5.41, 5.74) is 0.709. The SMILES string of the molecule is Cl.FC[C@@H](c1c(Cl)cccc1Cl)N1CCNCC1. The van der Waals surface area contributed by atoms with Gasteiger partial charge in [-0.25, -0.2) is 4.39 Å². The summed E-state index contributed by atoms with van der Waals surface area (Å²) >= 11 is 12.3. The molecule has 1 saturated heterocycles. The smallest absolute Gasteiger partial charge is 0.109 e. The van der Waals surface area contributed by atoms with E-state index in [0.717, 1.165) is 26.2 Å². The number of rotatable bonds is 3. The molecule has 0 aliphatic carbocycles. The number of piperazine rings is 1. The molecular weight excluding hydrogens is 298 g/mol. The van der Waals surface area contributed by atoms with E-state index in [-0.39, 0.29) is 18.4 Å². The highest BCUT2D eigenvalue weighted by Crippen LogP contribution is 2.34. The van der Waals surface area contributed by atoms with Gasteiger partial charge in [0.25, 0.3) is 0 Å². The van der Waals surface area contributed by atoms with Crippen molar-refractivity contribution < 1.29 is 4.39 Å². The summed E-state index contributed by atoms with van der Waals surface area (Å²) < 4.78 is 13.3. The largest absolute Gasteiger partial charge is 0.314 e. The van der Waals surface area contributed by atoms with Crippen LogP contribution in [0.4, 0.5) is 4.39 Å². The second-order valence-corrected chi connectivity index (χ2v) is 4.91. The predicted octanol–water partition coefficient (Wildman–Crippen LogP) is 3.33. The molecule has 1 aromatic carbocycles. The van der Waals surface area contributed by atoms with Crippen LogP contribution in [0.2, 0.25) is 10.0 Å². The Hall–Kier alpha value is -0.0600. The fourth-order valence-corrected chi connectivity index (χ4v) is 2.83. The van der Waals surface area contributed by atoms with Crippen LogP contribution in [0.3, 0.4) is 0 Å². The lowest BCUT2D eigenvalue weighted by Crippen LogP contribution is -2.45. The fourth-order valence-electron chi connectivity index (χ4n) is 2.18. The summed E-state index contributed by atoms with van der Waals surface area (Å²) in [6.07, 6.45) is 0. The van der Waals surface area contributed by atoms with E-state index in [4.69, 9.17) is 23.2 Å². The van der Waals surface area contributed by atoms with Crippen molar-refractivity contribution in [3.63, 3.8) is 0 Å². The summed E-state index contributed by atoms with van der Waals surface area (Å²) in [6, 6.07) is 4.96. The number of hydrogen-bond donors (Lipinski definition) is 1. The zero-order valence-corrected chi connectivity index (χ0v) is 12.2. The Kier molecular flexibility index (Phi) is 6.67. The lowest BCUT2D eigenvalue weighted by Gasteiger charge is -2.34. The Morgan fingerprint density at radius 3 is 2.28 bits per heavy atom. The molecule has 102 valence electrons. The summed E-state index contributed by atoms with van der Waals surface area (Å²) in [5.74, 6) is 0. The van der Waals surface area contributed by atoms with Crippen LogP contribution in [-0.2, 0) is 0 Å². The zero-order chi connectivity index (χ0) is 12.3. The maximum absolute atomic E-state index is 13.3. The second-order valence-electron chi connectivity index (χ2n) is 4.09. The Labute approximate surface area is 123 Å². The van der Waals surface area contributed by atoms with E-state index in [1.807, 2.05) is 0 Å². The highest BCUT2D eigenvalue weighted by Gasteiger charge is 2.25. The third-order valence-corrected chi connectivity index (χ3v) is 3.73. The molecule has 1 heterocycles. The van der Waals surface area contributed by atoms with Gasteiger partial charge in [-0.2, -0.15) is 0 Å². The van der Waals surface area contributed by atoms with Crippen molar-refractivity contribution in [3.8, 4) is 0 Å². The summed E-state index contributed by atoms with van der Waals surface area (Å²) in [5, 5.41) is 4.33. The van der Waals surface area contributed by atoms with Gasteiger partial charge in [0, 0.05) is 41.8 Å². The van der Waals surface area contributed by atoms with Crippen LogP contribution in [0.5, 0.6) is 0 Å². The minimum Gasteiger partial charge on any atom is -0.314 e. The van der Waals surface area contributed by atoms with Crippen molar-refractivity contribution >= 4 is 35.6 Å². The number of nitrogens with one attached hydrogen (secondary N) is 1. The third kappa shape index (κ3) is 3.49. The molecule has 1 N–H and O–H groups in total. The standard InChI is InChI=1S/C12H15Cl2FN2.ClH/c13-9-2-1-3-10(14)12(9)11(8-15)17-6-4-16-5-7-17;/h1-3,11,16H,4-8H2;1H/t11-;/m0./s1. The lowest BCUT2D eigenvalue weighted by atomic mass is 10.1. The third-order valence-electron chi connectivity index (χ3n) is 3.07. The molecule has 18 heavy (non-hydrogen) atoms. The molecule has 0 aromatic heterocycles. The van der Waals surface area contributed by atoms with E-state index in [2.05, 4.69) is 10.2 Å². The van der Waals surface area contributed by atoms with Crippen molar-refractivity contribution in [2.24, 2.45) is 0 Å². The molecule has 2 nitrogen and oxygen atoms in total. The Balaban J connectivity index is 0.00000162. The van der Waals surface area contributed by atoms with Crippen LogP contribution >= 0.6 is 35.6 Å². The summed E-state index contributed by atoms with van der Waals surface area (Å²) in [7, 11) is 0. The van der Waals surface area contributed by atoms with Gasteiger partial charge < -0.3 is 5.32 Å². The molecule has 1 aliphatic heterocycles. The number of halogens is 4. The lowest BCUT2D eigenvalue weighted by molar-refractivity contribution is 0.147. The first-order chi connectivity index (χ1) is 8.24. The van der Waals surface area contributed by atoms with Crippen molar-refractivity contribution in [2.45, 2.75) is 6.04 Å². The average molecular weight is 314 g/mol. The zero-order valence-electron chi connectivity index (χ0n) is 9.83. The van der Waals surface area contributed by atoms with Crippen LogP contribution in [0.1, 0.15) is 11.6 Å². The number of benzene rings is 1. The van der Waals surface area contributed by atoms with Gasteiger partial charge in [-0.15, -0.1) is 12.4 Å². The van der Waals surface area contributed by atoms with Gasteiger partial charge in [0.2, 0.25) is 0 Å². The fraction of sp³-hybridized carbons (Fsp3) is 0.500. The number of nitrogens with zero attached hydrogens (tertiary/aromatic N) is 1. The topological polar surface area (TPSA) is 15.3 Å². The molecule has 1 aliphatic rings. The predicted molar refractivity (Wildman–Crippen MR) is 76.9 cm³/mol. The summed E-state index contributed by atoms with van der Waals surface area (Å²) in [4.78, 5) is 2.09. The van der Waals surface area contributed by atoms with Gasteiger partial charge in [-0.1, -0.05) is 29.3 Å². The molecular formula is C12H16Cl3FN2. The molecule has 0 amide bonds. The molecule has 0 bridgehead atoms. The van der Waals surface area contributed by atoms with Crippen LogP contribution in [0.15, 0.2) is 18.2 Å². The summed E-state index contributed by atoms with van der Waals surface area (Å²) in [6.45, 7) is 2.91. The van der Waals surface area contributed by atoms with Crippen molar-refractivity contribution in [2.75, 3.05) is 32.9 Å². The number of hydrogen-bond acceptors (Lipinski definition) is 2. The first-order valence-corrected chi connectivity index (χ1v) is 6.44. The maximum Gasteiger partial charge on any atom is 0.109 e. The van der Waals surface area contributed by atoms with E-state index < -0.39 is 6.67 Å². The highest BCUT2D eigenvalue weighted by atomic mass is 35.5. The van der Waals surface area contributed by atoms with E-state index in [0.29, 0.717) is 15.6 Å². The quantitative estimate of drug-likeness (QED) is 0.921. The highest BCUT2D eigenvalue weighted by molar-refractivity contribution is 6.36. The minimum atomic E-state index is -0.469. The molecule has 0 spiro atoms. The molecule has 1 aromatic rings. The Bertz CT molecular complexity index is 363. The first kappa shape index (κ1) is 16.0. The van der Waals surface area contributed by atoms with Crippen molar-refractivity contribution in [1.29, 1.82) is 0 Å². The van der Waals surface area contributed by atoms with Crippen LogP contribution in [-0.4, -0.2) is 37.8 Å². The molecule has 0 radical (unpaired) electrons. The van der Waals surface area contributed by atoms with Crippen molar-refractivity contribution in [1.82, 2.24) is 10.2 Å². The van der Waals surface area contributed by atoms with Gasteiger partial charge >= 0.3 is 0 Å². The molecule has 1 fully saturated rings. The monoisotopic (exact) mass is 312 g/mol. The number of alkyl halides is 1. The van der Waals surface area contributed by atoms with Gasteiger partial charge in [0.1, 0.15) is 6.67 Å². The van der Waals surface area contributed by atoms with Gasteiger partial charge in [0.15, 0.2) is 0 Å². The molecule has 6 heteroatoms. The van der Waals surface area contributed by atoms with Crippen LogP contribution in [0, 0.1) is 0 Å². The van der Waals surface area contributed by atoms with Gasteiger partial charge in [-0.3, -0.25) is 4.90 Å². The first-order valence-electron chi connectivity index (χ1n) is 5.68. The van der Waals surface area contributed by atoms with E-state index in [1.165, 1.54) is 0 Å². The normalized spacial score (nSPS) is 18.2. The minimum absolute atomic E-state index is 0. The molecule has 2 rings (SSSR count). The molecule has 0 unspecified atom stereocenters. The maximum atomic E-state index is 13.3. The second kappa shape index (κ2) is 7.51. The van der Waals surface area contributed by atoms with Crippen LogP contribution in [0.25, 0.3) is 0 Å². The Morgan fingerprint density at radius 2 is 1.78 bits per heavy atom. The van der Waals surface area contributed by atoms with Crippen molar-refractivity contribution in [3.05, 3.63) is 33.8 Å². The van der Waals surface area contributed by atoms with Gasteiger partial charge in [0.05, 0.1) is 6.04 Å². The molecule has 1 atom stereocenters. The van der Waals surface area contributed by atoms with E-state index in [1.54, 1.807) is 18.2 Å².